The van der Waals surface area contributed by atoms with E-state index in [2.05, 4.69) is 21.9 Å². The Morgan fingerprint density at radius 2 is 1.77 bits per heavy atom. The van der Waals surface area contributed by atoms with Crippen molar-refractivity contribution in [3.05, 3.63) is 23.8 Å². The minimum absolute atomic E-state index is 0.166. The molecule has 1 aromatic rings. The molecule has 3 rings (SSSR count). The van der Waals surface area contributed by atoms with E-state index in [1.54, 1.807) is 0 Å². The maximum absolute atomic E-state index is 11.3. The average molecular weight is 306 g/mol. The summed E-state index contributed by atoms with van der Waals surface area (Å²) in [7, 11) is 1.43. The minimum Gasteiger partial charge on any atom is -0.486 e. The van der Waals surface area contributed by atoms with E-state index in [1.165, 1.54) is 12.7 Å². The van der Waals surface area contributed by atoms with Crippen LogP contribution < -0.4 is 9.47 Å². The van der Waals surface area contributed by atoms with Crippen LogP contribution in [-0.4, -0.2) is 68.8 Å². The predicted molar refractivity (Wildman–Crippen MR) is 81.2 cm³/mol. The molecule has 1 fully saturated rings. The van der Waals surface area contributed by atoms with Crippen molar-refractivity contribution in [2.75, 3.05) is 53.0 Å². The van der Waals surface area contributed by atoms with Crippen molar-refractivity contribution < 1.29 is 19.0 Å². The fraction of sp³-hybridized carbons (Fsp3) is 0.562. The number of esters is 1. The van der Waals surface area contributed by atoms with Crippen molar-refractivity contribution in [3.8, 4) is 11.5 Å². The summed E-state index contributed by atoms with van der Waals surface area (Å²) in [6, 6.07) is 6.14. The molecule has 2 aliphatic rings. The second-order valence-electron chi connectivity index (χ2n) is 5.61. The summed E-state index contributed by atoms with van der Waals surface area (Å²) in [6.45, 7) is 6.18. The maximum atomic E-state index is 11.3. The van der Waals surface area contributed by atoms with Crippen LogP contribution in [-0.2, 0) is 16.1 Å². The number of hydrogen-bond acceptors (Lipinski definition) is 6. The van der Waals surface area contributed by atoms with Crippen LogP contribution in [0.2, 0.25) is 0 Å². The second-order valence-corrected chi connectivity index (χ2v) is 5.61. The molecule has 0 bridgehead atoms. The lowest BCUT2D eigenvalue weighted by Gasteiger charge is -2.34. The van der Waals surface area contributed by atoms with Crippen LogP contribution in [0.15, 0.2) is 18.2 Å². The normalized spacial score (nSPS) is 19.0. The van der Waals surface area contributed by atoms with Crippen molar-refractivity contribution in [1.29, 1.82) is 0 Å². The Hall–Kier alpha value is -1.79. The van der Waals surface area contributed by atoms with E-state index in [0.29, 0.717) is 19.8 Å². The number of nitrogens with zero attached hydrogens (tertiary/aromatic N) is 2. The van der Waals surface area contributed by atoms with Crippen molar-refractivity contribution in [2.24, 2.45) is 0 Å². The molecule has 0 unspecified atom stereocenters. The van der Waals surface area contributed by atoms with Gasteiger partial charge in [-0.25, -0.2) is 0 Å². The van der Waals surface area contributed by atoms with Crippen molar-refractivity contribution in [1.82, 2.24) is 9.80 Å². The number of carbonyl (C=O) groups excluding carboxylic acids is 1. The summed E-state index contributed by atoms with van der Waals surface area (Å²) in [5.41, 5.74) is 1.23. The van der Waals surface area contributed by atoms with Gasteiger partial charge in [0.25, 0.3) is 0 Å². The molecule has 6 heteroatoms. The molecule has 2 aliphatic heterocycles. The number of methoxy groups -OCH3 is 1. The van der Waals surface area contributed by atoms with E-state index in [0.717, 1.165) is 44.2 Å². The SMILES string of the molecule is COC(=O)CN1CCN(Cc2ccc3c(c2)OCCO3)CC1. The molecule has 1 aromatic carbocycles. The molecule has 0 aliphatic carbocycles. The maximum Gasteiger partial charge on any atom is 0.319 e. The summed E-state index contributed by atoms with van der Waals surface area (Å²) in [6.07, 6.45) is 0. The zero-order chi connectivity index (χ0) is 15.4. The van der Waals surface area contributed by atoms with Crippen molar-refractivity contribution >= 4 is 5.97 Å². The number of rotatable bonds is 4. The first kappa shape index (κ1) is 15.1. The molecule has 1 saturated heterocycles. The van der Waals surface area contributed by atoms with Gasteiger partial charge in [0.05, 0.1) is 13.7 Å². The van der Waals surface area contributed by atoms with Crippen molar-refractivity contribution in [3.63, 3.8) is 0 Å². The summed E-state index contributed by atoms with van der Waals surface area (Å²) in [5.74, 6) is 1.51. The molecule has 0 amide bonds. The molecule has 2 heterocycles. The van der Waals surface area contributed by atoms with Gasteiger partial charge in [0, 0.05) is 32.7 Å². The van der Waals surface area contributed by atoms with E-state index in [1.807, 2.05) is 6.07 Å². The molecule has 0 radical (unpaired) electrons. The number of carbonyl (C=O) groups is 1. The quantitative estimate of drug-likeness (QED) is 0.765. The highest BCUT2D eigenvalue weighted by Gasteiger charge is 2.20. The van der Waals surface area contributed by atoms with E-state index < -0.39 is 0 Å². The Balaban J connectivity index is 1.51. The number of hydrogen-bond donors (Lipinski definition) is 0. The van der Waals surface area contributed by atoms with Gasteiger partial charge >= 0.3 is 5.97 Å². The molecule has 0 N–H and O–H groups in total. The Bertz CT molecular complexity index is 527. The molecule has 0 aromatic heterocycles. The number of benzene rings is 1. The van der Waals surface area contributed by atoms with Crippen LogP contribution in [0.3, 0.4) is 0 Å². The smallest absolute Gasteiger partial charge is 0.319 e. The van der Waals surface area contributed by atoms with E-state index in [-0.39, 0.29) is 5.97 Å². The lowest BCUT2D eigenvalue weighted by atomic mass is 10.1. The first-order valence-corrected chi connectivity index (χ1v) is 7.64. The van der Waals surface area contributed by atoms with Crippen molar-refractivity contribution in [2.45, 2.75) is 6.54 Å². The fourth-order valence-electron chi connectivity index (χ4n) is 2.80. The lowest BCUT2D eigenvalue weighted by molar-refractivity contribution is -0.142. The van der Waals surface area contributed by atoms with Crippen LogP contribution in [0.5, 0.6) is 11.5 Å². The van der Waals surface area contributed by atoms with E-state index >= 15 is 0 Å². The summed E-state index contributed by atoms with van der Waals surface area (Å²) < 4.78 is 15.9. The van der Waals surface area contributed by atoms with Gasteiger partial charge in [-0.2, -0.15) is 0 Å². The van der Waals surface area contributed by atoms with Gasteiger partial charge in [-0.15, -0.1) is 0 Å². The molecule has 6 nitrogen and oxygen atoms in total. The molecule has 0 spiro atoms. The van der Waals surface area contributed by atoms with Gasteiger partial charge in [-0.1, -0.05) is 6.07 Å². The third-order valence-corrected chi connectivity index (χ3v) is 4.06. The molecule has 0 saturated carbocycles. The zero-order valence-corrected chi connectivity index (χ0v) is 12.9. The summed E-state index contributed by atoms with van der Waals surface area (Å²) in [4.78, 5) is 15.8. The molecule has 0 atom stereocenters. The molecule has 120 valence electrons. The topological polar surface area (TPSA) is 51.2 Å². The average Bonchev–Trinajstić information content (AvgIpc) is 2.56. The predicted octanol–water partition coefficient (Wildman–Crippen LogP) is 0.748. The highest BCUT2D eigenvalue weighted by molar-refractivity contribution is 5.71. The Morgan fingerprint density at radius 1 is 1.09 bits per heavy atom. The highest BCUT2D eigenvalue weighted by Crippen LogP contribution is 2.31. The van der Waals surface area contributed by atoms with Crippen LogP contribution >= 0.6 is 0 Å². The Kier molecular flexibility index (Phi) is 4.80. The number of piperazine rings is 1. The first-order valence-electron chi connectivity index (χ1n) is 7.64. The van der Waals surface area contributed by atoms with Crippen LogP contribution in [0.4, 0.5) is 0 Å². The zero-order valence-electron chi connectivity index (χ0n) is 12.9. The van der Waals surface area contributed by atoms with Gasteiger partial charge in [-0.3, -0.25) is 14.6 Å². The first-order chi connectivity index (χ1) is 10.7. The van der Waals surface area contributed by atoms with E-state index in [4.69, 9.17) is 14.2 Å². The van der Waals surface area contributed by atoms with Gasteiger partial charge in [0.1, 0.15) is 13.2 Å². The van der Waals surface area contributed by atoms with Gasteiger partial charge in [0.2, 0.25) is 0 Å². The van der Waals surface area contributed by atoms with Crippen LogP contribution in [0, 0.1) is 0 Å². The van der Waals surface area contributed by atoms with E-state index in [9.17, 15) is 4.79 Å². The number of fused-ring (bicyclic) bond motifs is 1. The Morgan fingerprint density at radius 3 is 2.50 bits per heavy atom. The summed E-state index contributed by atoms with van der Waals surface area (Å²) >= 11 is 0. The number of ether oxygens (including phenoxy) is 3. The third kappa shape index (κ3) is 3.69. The standard InChI is InChI=1S/C16H22N2O4/c1-20-16(19)12-18-6-4-17(5-7-18)11-13-2-3-14-15(10-13)22-9-8-21-14/h2-3,10H,4-9,11-12H2,1H3. The van der Waals surface area contributed by atoms with Crippen LogP contribution in [0.25, 0.3) is 0 Å². The van der Waals surface area contributed by atoms with Crippen LogP contribution in [0.1, 0.15) is 5.56 Å². The second kappa shape index (κ2) is 6.98. The molecular formula is C16H22N2O4. The summed E-state index contributed by atoms with van der Waals surface area (Å²) in [5, 5.41) is 0. The Labute approximate surface area is 130 Å². The van der Waals surface area contributed by atoms with Gasteiger partial charge < -0.3 is 14.2 Å². The highest BCUT2D eigenvalue weighted by atomic mass is 16.6. The largest absolute Gasteiger partial charge is 0.486 e. The minimum atomic E-state index is -0.166. The molecule has 22 heavy (non-hydrogen) atoms. The van der Waals surface area contributed by atoms with Gasteiger partial charge in [-0.05, 0) is 17.7 Å². The molecular weight excluding hydrogens is 284 g/mol. The monoisotopic (exact) mass is 306 g/mol. The third-order valence-electron chi connectivity index (χ3n) is 4.06. The fourth-order valence-corrected chi connectivity index (χ4v) is 2.80. The van der Waals surface area contributed by atoms with Gasteiger partial charge in [0.15, 0.2) is 11.5 Å². The lowest BCUT2D eigenvalue weighted by Crippen LogP contribution is -2.47.